The second kappa shape index (κ2) is 6.55. The predicted octanol–water partition coefficient (Wildman–Crippen LogP) is 2.69. The molecule has 1 heterocycles. The Morgan fingerprint density at radius 1 is 0.808 bits per heavy atom. The maximum absolute atomic E-state index is 13.1. The summed E-state index contributed by atoms with van der Waals surface area (Å²) < 4.78 is 32.2. The van der Waals surface area contributed by atoms with E-state index >= 15 is 0 Å². The number of aromatic hydroxyl groups is 1. The molecule has 138 valence electrons. The van der Waals surface area contributed by atoms with E-state index in [9.17, 15) is 9.90 Å². The van der Waals surface area contributed by atoms with E-state index in [1.165, 1.54) is 41.6 Å². The standard InChI is InChI=1S/C18H18O8/c1-21-8-6-9-12(19)11-13(20)16(23-3)18(25-5)17(24-4)15(11)26-14(9)10(7-8)22-2/h6-7,20H,1-5H3. The molecule has 0 unspecified atom stereocenters. The first-order valence-corrected chi connectivity index (χ1v) is 7.55. The van der Waals surface area contributed by atoms with E-state index in [0.29, 0.717) is 11.5 Å². The molecule has 0 radical (unpaired) electrons. The van der Waals surface area contributed by atoms with Crippen LogP contribution in [0.5, 0.6) is 34.5 Å². The molecule has 0 saturated heterocycles. The minimum absolute atomic E-state index is 0.0172. The van der Waals surface area contributed by atoms with Gasteiger partial charge in [0.2, 0.25) is 22.7 Å². The third-order valence-corrected chi connectivity index (χ3v) is 4.07. The van der Waals surface area contributed by atoms with Crippen LogP contribution in [0.2, 0.25) is 0 Å². The van der Waals surface area contributed by atoms with Gasteiger partial charge in [-0.2, -0.15) is 0 Å². The van der Waals surface area contributed by atoms with Crippen molar-refractivity contribution in [2.45, 2.75) is 0 Å². The number of ether oxygens (including phenoxy) is 5. The van der Waals surface area contributed by atoms with Gasteiger partial charge in [-0.25, -0.2) is 0 Å². The largest absolute Gasteiger partial charge is 0.504 e. The molecular formula is C18H18O8. The Hall–Kier alpha value is -3.29. The van der Waals surface area contributed by atoms with Crippen molar-refractivity contribution in [2.24, 2.45) is 0 Å². The van der Waals surface area contributed by atoms with Crippen LogP contribution in [0.1, 0.15) is 0 Å². The Kier molecular flexibility index (Phi) is 4.41. The molecule has 0 saturated carbocycles. The van der Waals surface area contributed by atoms with Crippen molar-refractivity contribution in [1.82, 2.24) is 0 Å². The number of phenols is 1. The van der Waals surface area contributed by atoms with E-state index in [4.69, 9.17) is 28.1 Å². The van der Waals surface area contributed by atoms with Gasteiger partial charge in [0.1, 0.15) is 11.1 Å². The van der Waals surface area contributed by atoms with Crippen LogP contribution in [-0.2, 0) is 0 Å². The van der Waals surface area contributed by atoms with Crippen LogP contribution in [0, 0.1) is 0 Å². The molecule has 8 heteroatoms. The average Bonchev–Trinajstić information content (AvgIpc) is 2.66. The highest BCUT2D eigenvalue weighted by Gasteiger charge is 2.27. The molecule has 1 aromatic heterocycles. The molecule has 2 aromatic carbocycles. The van der Waals surface area contributed by atoms with Crippen LogP contribution < -0.4 is 29.1 Å². The van der Waals surface area contributed by atoms with Gasteiger partial charge < -0.3 is 33.2 Å². The molecule has 0 spiro atoms. The van der Waals surface area contributed by atoms with Gasteiger partial charge in [-0.05, 0) is 6.07 Å². The lowest BCUT2D eigenvalue weighted by Gasteiger charge is -2.16. The van der Waals surface area contributed by atoms with Gasteiger partial charge in [-0.15, -0.1) is 0 Å². The minimum Gasteiger partial charge on any atom is -0.504 e. The maximum Gasteiger partial charge on any atom is 0.211 e. The first kappa shape index (κ1) is 17.5. The molecule has 0 bridgehead atoms. The fourth-order valence-corrected chi connectivity index (χ4v) is 2.87. The van der Waals surface area contributed by atoms with E-state index in [1.54, 1.807) is 6.07 Å². The van der Waals surface area contributed by atoms with Crippen molar-refractivity contribution in [3.05, 3.63) is 22.4 Å². The van der Waals surface area contributed by atoms with Gasteiger partial charge in [0.15, 0.2) is 22.7 Å². The molecule has 0 amide bonds. The molecule has 26 heavy (non-hydrogen) atoms. The number of methoxy groups -OCH3 is 5. The van der Waals surface area contributed by atoms with Gasteiger partial charge in [0.05, 0.1) is 40.9 Å². The Morgan fingerprint density at radius 2 is 1.46 bits per heavy atom. The number of hydrogen-bond donors (Lipinski definition) is 1. The zero-order chi connectivity index (χ0) is 19.0. The summed E-state index contributed by atoms with van der Waals surface area (Å²) in [5, 5.41) is 10.7. The summed E-state index contributed by atoms with van der Waals surface area (Å²) in [5.41, 5.74) is -0.283. The van der Waals surface area contributed by atoms with Crippen molar-refractivity contribution >= 4 is 21.9 Å². The van der Waals surface area contributed by atoms with E-state index in [0.717, 1.165) is 0 Å². The molecular weight excluding hydrogens is 344 g/mol. The lowest BCUT2D eigenvalue weighted by Crippen LogP contribution is -2.06. The Balaban J connectivity index is 2.62. The highest BCUT2D eigenvalue weighted by atomic mass is 16.5. The fourth-order valence-electron chi connectivity index (χ4n) is 2.87. The third-order valence-electron chi connectivity index (χ3n) is 4.07. The zero-order valence-electron chi connectivity index (χ0n) is 15.0. The summed E-state index contributed by atoms with van der Waals surface area (Å²) >= 11 is 0. The van der Waals surface area contributed by atoms with E-state index in [-0.39, 0.29) is 39.2 Å². The van der Waals surface area contributed by atoms with E-state index < -0.39 is 11.2 Å². The lowest BCUT2D eigenvalue weighted by molar-refractivity contribution is 0.311. The quantitative estimate of drug-likeness (QED) is 0.692. The van der Waals surface area contributed by atoms with Gasteiger partial charge >= 0.3 is 0 Å². The molecule has 3 rings (SSSR count). The van der Waals surface area contributed by atoms with E-state index in [1.807, 2.05) is 0 Å². The zero-order valence-corrected chi connectivity index (χ0v) is 15.0. The van der Waals surface area contributed by atoms with Crippen LogP contribution in [0.15, 0.2) is 21.3 Å². The summed E-state index contributed by atoms with van der Waals surface area (Å²) in [4.78, 5) is 13.1. The lowest BCUT2D eigenvalue weighted by atomic mass is 10.1. The van der Waals surface area contributed by atoms with Crippen molar-refractivity contribution in [3.63, 3.8) is 0 Å². The van der Waals surface area contributed by atoms with Crippen LogP contribution in [0.25, 0.3) is 21.9 Å². The van der Waals surface area contributed by atoms with Gasteiger partial charge in [-0.3, -0.25) is 4.79 Å². The predicted molar refractivity (Wildman–Crippen MR) is 94.4 cm³/mol. The molecule has 8 nitrogen and oxygen atoms in total. The highest BCUT2D eigenvalue weighted by molar-refractivity contribution is 6.01. The van der Waals surface area contributed by atoms with Crippen LogP contribution in [0.3, 0.4) is 0 Å². The first-order chi connectivity index (χ1) is 12.5. The maximum atomic E-state index is 13.1. The molecule has 0 fully saturated rings. The Labute approximate surface area is 148 Å². The second-order valence-corrected chi connectivity index (χ2v) is 5.29. The number of benzene rings is 2. The third kappa shape index (κ3) is 2.33. The second-order valence-electron chi connectivity index (χ2n) is 5.29. The van der Waals surface area contributed by atoms with Crippen molar-refractivity contribution in [1.29, 1.82) is 0 Å². The number of fused-ring (bicyclic) bond motifs is 2. The summed E-state index contributed by atoms with van der Waals surface area (Å²) in [5.74, 6) is 0.502. The summed E-state index contributed by atoms with van der Waals surface area (Å²) in [6.07, 6.45) is 0. The van der Waals surface area contributed by atoms with Crippen LogP contribution in [-0.4, -0.2) is 40.7 Å². The highest BCUT2D eigenvalue weighted by Crippen LogP contribution is 2.50. The van der Waals surface area contributed by atoms with Gasteiger partial charge in [0.25, 0.3) is 0 Å². The number of phenolic OH excluding ortho intramolecular Hbond substituents is 1. The summed E-state index contributed by atoms with van der Waals surface area (Å²) in [6, 6.07) is 3.09. The average molecular weight is 362 g/mol. The molecule has 0 aliphatic carbocycles. The van der Waals surface area contributed by atoms with Crippen LogP contribution in [0.4, 0.5) is 0 Å². The summed E-state index contributed by atoms with van der Waals surface area (Å²) in [7, 11) is 7.04. The number of hydrogen-bond acceptors (Lipinski definition) is 8. The summed E-state index contributed by atoms with van der Waals surface area (Å²) in [6.45, 7) is 0. The van der Waals surface area contributed by atoms with Gasteiger partial charge in [-0.1, -0.05) is 0 Å². The fraction of sp³-hybridized carbons (Fsp3) is 0.278. The number of rotatable bonds is 5. The SMILES string of the molecule is COc1cc(OC)c2oc3c(OC)c(OC)c(OC)c(O)c3c(=O)c2c1. The molecule has 0 aliphatic rings. The van der Waals surface area contributed by atoms with E-state index in [2.05, 4.69) is 0 Å². The topological polar surface area (TPSA) is 96.6 Å². The smallest absolute Gasteiger partial charge is 0.211 e. The molecule has 0 aliphatic heterocycles. The molecule has 0 atom stereocenters. The van der Waals surface area contributed by atoms with Crippen molar-refractivity contribution in [2.75, 3.05) is 35.5 Å². The first-order valence-electron chi connectivity index (χ1n) is 7.55. The normalized spacial score (nSPS) is 10.8. The van der Waals surface area contributed by atoms with Crippen LogP contribution >= 0.6 is 0 Å². The Morgan fingerprint density at radius 3 is 2.00 bits per heavy atom. The van der Waals surface area contributed by atoms with Crippen molar-refractivity contribution in [3.8, 4) is 34.5 Å². The molecule has 1 N–H and O–H groups in total. The Bertz CT molecular complexity index is 1050. The monoisotopic (exact) mass is 362 g/mol. The minimum atomic E-state index is -0.491. The molecule has 3 aromatic rings. The van der Waals surface area contributed by atoms with Gasteiger partial charge in [0, 0.05) is 6.07 Å². The van der Waals surface area contributed by atoms with Crippen molar-refractivity contribution < 1.29 is 33.2 Å².